The standard InChI is InChI=1S/C14H13ClFNO2S/c1-2-10-3-6-12(7-4-10)20(18,19)17-14-9-11(15)5-8-13(14)16/h3-9,17H,2H2,1H3. The Morgan fingerprint density at radius 3 is 2.40 bits per heavy atom. The van der Waals surface area contributed by atoms with Gasteiger partial charge in [-0.15, -0.1) is 0 Å². The Kier molecular flexibility index (Phi) is 4.30. The molecule has 0 aliphatic carbocycles. The SMILES string of the molecule is CCc1ccc(S(=O)(=O)Nc2cc(Cl)ccc2F)cc1. The average Bonchev–Trinajstić information content (AvgIpc) is 2.43. The lowest BCUT2D eigenvalue weighted by molar-refractivity contribution is 0.598. The summed E-state index contributed by atoms with van der Waals surface area (Å²) in [6.45, 7) is 1.98. The van der Waals surface area contributed by atoms with E-state index in [9.17, 15) is 12.8 Å². The summed E-state index contributed by atoms with van der Waals surface area (Å²) in [6, 6.07) is 10.1. The number of aryl methyl sites for hydroxylation is 1. The molecule has 0 heterocycles. The van der Waals surface area contributed by atoms with Gasteiger partial charge in [-0.1, -0.05) is 30.7 Å². The Labute approximate surface area is 122 Å². The zero-order valence-corrected chi connectivity index (χ0v) is 12.3. The van der Waals surface area contributed by atoms with Crippen LogP contribution < -0.4 is 4.72 Å². The number of sulfonamides is 1. The van der Waals surface area contributed by atoms with Crippen LogP contribution in [-0.4, -0.2) is 8.42 Å². The molecule has 0 aliphatic rings. The maximum atomic E-state index is 13.5. The Bertz CT molecular complexity index is 714. The molecule has 0 bridgehead atoms. The minimum Gasteiger partial charge on any atom is -0.277 e. The zero-order chi connectivity index (χ0) is 14.8. The predicted octanol–water partition coefficient (Wildman–Crippen LogP) is 3.84. The highest BCUT2D eigenvalue weighted by Gasteiger charge is 2.16. The molecule has 0 atom stereocenters. The van der Waals surface area contributed by atoms with E-state index >= 15 is 0 Å². The molecule has 0 saturated heterocycles. The first-order chi connectivity index (χ1) is 9.42. The highest BCUT2D eigenvalue weighted by Crippen LogP contribution is 2.23. The fourth-order valence-corrected chi connectivity index (χ4v) is 2.91. The molecular formula is C14H13ClFNO2S. The van der Waals surface area contributed by atoms with Gasteiger partial charge >= 0.3 is 0 Å². The fourth-order valence-electron chi connectivity index (χ4n) is 1.68. The van der Waals surface area contributed by atoms with Gasteiger partial charge in [-0.3, -0.25) is 4.72 Å². The average molecular weight is 314 g/mol. The first-order valence-corrected chi connectivity index (χ1v) is 7.85. The second kappa shape index (κ2) is 5.81. The molecule has 3 nitrogen and oxygen atoms in total. The molecule has 2 aromatic carbocycles. The molecule has 1 N–H and O–H groups in total. The van der Waals surface area contributed by atoms with Crippen molar-refractivity contribution in [1.29, 1.82) is 0 Å². The number of benzene rings is 2. The molecule has 106 valence electrons. The van der Waals surface area contributed by atoms with Gasteiger partial charge in [0.05, 0.1) is 10.6 Å². The van der Waals surface area contributed by atoms with Crippen molar-refractivity contribution >= 4 is 27.3 Å². The first kappa shape index (κ1) is 14.8. The highest BCUT2D eigenvalue weighted by atomic mass is 35.5. The minimum atomic E-state index is -3.83. The lowest BCUT2D eigenvalue weighted by Gasteiger charge is -2.09. The molecule has 6 heteroatoms. The van der Waals surface area contributed by atoms with E-state index in [1.165, 1.54) is 24.3 Å². The summed E-state index contributed by atoms with van der Waals surface area (Å²) < 4.78 is 40.0. The smallest absolute Gasteiger partial charge is 0.261 e. The molecule has 0 aliphatic heterocycles. The van der Waals surface area contributed by atoms with E-state index in [0.29, 0.717) is 0 Å². The van der Waals surface area contributed by atoms with Crippen molar-refractivity contribution < 1.29 is 12.8 Å². The maximum absolute atomic E-state index is 13.5. The molecule has 2 rings (SSSR count). The van der Waals surface area contributed by atoms with E-state index in [0.717, 1.165) is 18.1 Å². The van der Waals surface area contributed by atoms with Crippen LogP contribution in [0.15, 0.2) is 47.4 Å². The highest BCUT2D eigenvalue weighted by molar-refractivity contribution is 7.92. The summed E-state index contributed by atoms with van der Waals surface area (Å²) in [4.78, 5) is 0.0778. The van der Waals surface area contributed by atoms with Gasteiger partial charge in [0.25, 0.3) is 10.0 Å². The van der Waals surface area contributed by atoms with Crippen LogP contribution in [0.5, 0.6) is 0 Å². The second-order valence-corrected chi connectivity index (χ2v) is 6.35. The summed E-state index contributed by atoms with van der Waals surface area (Å²) in [6.07, 6.45) is 0.816. The third-order valence-corrected chi connectivity index (χ3v) is 4.43. The van der Waals surface area contributed by atoms with Crippen LogP contribution in [0, 0.1) is 5.82 Å². The van der Waals surface area contributed by atoms with Crippen molar-refractivity contribution in [2.45, 2.75) is 18.2 Å². The van der Waals surface area contributed by atoms with Gasteiger partial charge in [0.1, 0.15) is 5.82 Å². The molecule has 0 unspecified atom stereocenters. The second-order valence-electron chi connectivity index (χ2n) is 4.23. The van der Waals surface area contributed by atoms with Gasteiger partial charge in [-0.05, 0) is 42.3 Å². The van der Waals surface area contributed by atoms with Crippen LogP contribution in [0.2, 0.25) is 5.02 Å². The Balaban J connectivity index is 2.32. The molecular weight excluding hydrogens is 301 g/mol. The summed E-state index contributed by atoms with van der Waals surface area (Å²) in [5.74, 6) is -0.678. The fraction of sp³-hybridized carbons (Fsp3) is 0.143. The molecule has 0 saturated carbocycles. The van der Waals surface area contributed by atoms with Crippen molar-refractivity contribution in [1.82, 2.24) is 0 Å². The van der Waals surface area contributed by atoms with Crippen LogP contribution in [-0.2, 0) is 16.4 Å². The third-order valence-electron chi connectivity index (χ3n) is 2.81. The van der Waals surface area contributed by atoms with E-state index in [1.807, 2.05) is 6.92 Å². The van der Waals surface area contributed by atoms with Gasteiger partial charge in [-0.25, -0.2) is 12.8 Å². The van der Waals surface area contributed by atoms with Crippen LogP contribution >= 0.6 is 11.6 Å². The summed E-state index contributed by atoms with van der Waals surface area (Å²) in [5, 5.41) is 0.255. The van der Waals surface area contributed by atoms with Crippen LogP contribution in [0.1, 0.15) is 12.5 Å². The van der Waals surface area contributed by atoms with Crippen LogP contribution in [0.3, 0.4) is 0 Å². The number of nitrogens with one attached hydrogen (secondary N) is 1. The monoisotopic (exact) mass is 313 g/mol. The normalized spacial score (nSPS) is 11.3. The molecule has 0 amide bonds. The van der Waals surface area contributed by atoms with E-state index < -0.39 is 15.8 Å². The molecule has 20 heavy (non-hydrogen) atoms. The van der Waals surface area contributed by atoms with Gasteiger partial charge in [-0.2, -0.15) is 0 Å². The van der Waals surface area contributed by atoms with E-state index in [1.54, 1.807) is 12.1 Å². The Morgan fingerprint density at radius 1 is 1.15 bits per heavy atom. The lowest BCUT2D eigenvalue weighted by Crippen LogP contribution is -2.14. The first-order valence-electron chi connectivity index (χ1n) is 5.99. The molecule has 0 spiro atoms. The van der Waals surface area contributed by atoms with E-state index in [-0.39, 0.29) is 15.6 Å². The number of rotatable bonds is 4. The predicted molar refractivity (Wildman–Crippen MR) is 78.0 cm³/mol. The van der Waals surface area contributed by atoms with Crippen molar-refractivity contribution in [3.63, 3.8) is 0 Å². The van der Waals surface area contributed by atoms with Crippen molar-refractivity contribution in [3.8, 4) is 0 Å². The van der Waals surface area contributed by atoms with Gasteiger partial charge in [0.15, 0.2) is 0 Å². The van der Waals surface area contributed by atoms with Gasteiger partial charge < -0.3 is 0 Å². The summed E-state index contributed by atoms with van der Waals surface area (Å²) >= 11 is 5.73. The molecule has 0 fully saturated rings. The number of hydrogen-bond acceptors (Lipinski definition) is 2. The largest absolute Gasteiger partial charge is 0.277 e. The quantitative estimate of drug-likeness (QED) is 0.932. The number of anilines is 1. The van der Waals surface area contributed by atoms with E-state index in [4.69, 9.17) is 11.6 Å². The summed E-state index contributed by atoms with van der Waals surface area (Å²) in [5.41, 5.74) is 0.856. The lowest BCUT2D eigenvalue weighted by atomic mass is 10.2. The molecule has 2 aromatic rings. The van der Waals surface area contributed by atoms with Crippen molar-refractivity contribution in [2.24, 2.45) is 0 Å². The topological polar surface area (TPSA) is 46.2 Å². The zero-order valence-electron chi connectivity index (χ0n) is 10.7. The van der Waals surface area contributed by atoms with Crippen molar-refractivity contribution in [2.75, 3.05) is 4.72 Å². The molecule has 0 aromatic heterocycles. The van der Waals surface area contributed by atoms with Gasteiger partial charge in [0, 0.05) is 5.02 Å². The van der Waals surface area contributed by atoms with Gasteiger partial charge in [0.2, 0.25) is 0 Å². The van der Waals surface area contributed by atoms with Crippen molar-refractivity contribution in [3.05, 3.63) is 58.9 Å². The van der Waals surface area contributed by atoms with Crippen LogP contribution in [0.25, 0.3) is 0 Å². The Morgan fingerprint density at radius 2 is 1.80 bits per heavy atom. The number of halogens is 2. The molecule has 0 radical (unpaired) electrons. The minimum absolute atomic E-state index is 0.0778. The van der Waals surface area contributed by atoms with Crippen LogP contribution in [0.4, 0.5) is 10.1 Å². The Hall–Kier alpha value is -1.59. The maximum Gasteiger partial charge on any atom is 0.261 e. The van der Waals surface area contributed by atoms with E-state index in [2.05, 4.69) is 4.72 Å². The third kappa shape index (κ3) is 3.29. The summed E-state index contributed by atoms with van der Waals surface area (Å²) in [7, 11) is -3.83. The number of hydrogen-bond donors (Lipinski definition) is 1.